The van der Waals surface area contributed by atoms with Crippen LogP contribution in [0.4, 0.5) is 4.39 Å². The van der Waals surface area contributed by atoms with Crippen molar-refractivity contribution in [3.8, 4) is 0 Å². The van der Waals surface area contributed by atoms with Gasteiger partial charge in [0.15, 0.2) is 0 Å². The molecule has 0 saturated carbocycles. The van der Waals surface area contributed by atoms with Crippen LogP contribution in [0.15, 0.2) is 24.3 Å². The molecule has 0 radical (unpaired) electrons. The highest BCUT2D eigenvalue weighted by Gasteiger charge is 2.13. The predicted molar refractivity (Wildman–Crippen MR) is 56.2 cm³/mol. The monoisotopic (exact) mass is 223 g/mol. The Kier molecular flexibility index (Phi) is 3.77. The van der Waals surface area contributed by atoms with Crippen molar-refractivity contribution >= 4 is 18.0 Å². The first-order valence-electron chi connectivity index (χ1n) is 4.49. The minimum absolute atomic E-state index is 0.0183. The molecule has 0 aliphatic heterocycles. The average molecular weight is 223 g/mol. The summed E-state index contributed by atoms with van der Waals surface area (Å²) in [7, 11) is 0. The molecule has 0 unspecified atom stereocenters. The first-order chi connectivity index (χ1) is 7.52. The van der Waals surface area contributed by atoms with Gasteiger partial charge < -0.3 is 10.8 Å². The first kappa shape index (κ1) is 11.9. The second-order valence-corrected chi connectivity index (χ2v) is 3.08. The topological polar surface area (TPSA) is 80.4 Å². The first-order valence-corrected chi connectivity index (χ1v) is 4.49. The predicted octanol–water partition coefficient (Wildman–Crippen LogP) is 1.41. The minimum atomic E-state index is -1.35. The highest BCUT2D eigenvalue weighted by molar-refractivity contribution is 5.92. The van der Waals surface area contributed by atoms with Crippen molar-refractivity contribution in [3.05, 3.63) is 41.2 Å². The van der Waals surface area contributed by atoms with Gasteiger partial charge in [0.25, 0.3) is 0 Å². The van der Waals surface area contributed by atoms with Crippen LogP contribution in [0.3, 0.4) is 0 Å². The Morgan fingerprint density at radius 1 is 1.44 bits per heavy atom. The molecule has 1 aromatic carbocycles. The zero-order valence-corrected chi connectivity index (χ0v) is 8.31. The van der Waals surface area contributed by atoms with Gasteiger partial charge >= 0.3 is 5.97 Å². The molecule has 0 atom stereocenters. The fourth-order valence-electron chi connectivity index (χ4n) is 1.21. The van der Waals surface area contributed by atoms with Crippen molar-refractivity contribution in [2.24, 2.45) is 5.73 Å². The summed E-state index contributed by atoms with van der Waals surface area (Å²) in [4.78, 5) is 21.2. The molecular formula is C11H10FNO3. The number of carboxylic acid groups (broad SMARTS) is 1. The van der Waals surface area contributed by atoms with Gasteiger partial charge in [-0.1, -0.05) is 24.3 Å². The highest BCUT2D eigenvalue weighted by atomic mass is 19.1. The van der Waals surface area contributed by atoms with Crippen molar-refractivity contribution in [1.29, 1.82) is 0 Å². The zero-order valence-electron chi connectivity index (χ0n) is 8.31. The van der Waals surface area contributed by atoms with Crippen LogP contribution in [0.2, 0.25) is 0 Å². The molecule has 0 aliphatic carbocycles. The lowest BCUT2D eigenvalue weighted by molar-refractivity contribution is -0.117. The van der Waals surface area contributed by atoms with E-state index >= 15 is 0 Å². The molecule has 1 amide bonds. The molecular weight excluding hydrogens is 213 g/mol. The Balaban J connectivity index is 3.04. The Bertz CT molecular complexity index is 455. The third-order valence-corrected chi connectivity index (χ3v) is 1.88. The molecule has 16 heavy (non-hydrogen) atoms. The number of halogens is 1. The van der Waals surface area contributed by atoms with E-state index in [9.17, 15) is 14.0 Å². The van der Waals surface area contributed by atoms with Gasteiger partial charge in [-0.25, -0.2) is 9.18 Å². The van der Waals surface area contributed by atoms with Crippen LogP contribution in [0.5, 0.6) is 0 Å². The van der Waals surface area contributed by atoms with Crippen LogP contribution in [0.1, 0.15) is 22.3 Å². The Morgan fingerprint density at radius 3 is 2.69 bits per heavy atom. The molecule has 1 rings (SSSR count). The van der Waals surface area contributed by atoms with E-state index in [1.807, 2.05) is 0 Å². The number of carboxylic acids is 1. The van der Waals surface area contributed by atoms with Crippen molar-refractivity contribution in [3.63, 3.8) is 0 Å². The summed E-state index contributed by atoms with van der Waals surface area (Å²) in [5, 5.41) is 8.79. The van der Waals surface area contributed by atoms with Gasteiger partial charge in [-0.3, -0.25) is 4.79 Å². The van der Waals surface area contributed by atoms with Crippen molar-refractivity contribution in [2.75, 3.05) is 0 Å². The minimum Gasteiger partial charge on any atom is -0.478 e. The van der Waals surface area contributed by atoms with E-state index in [4.69, 9.17) is 10.8 Å². The van der Waals surface area contributed by atoms with E-state index < -0.39 is 23.3 Å². The van der Waals surface area contributed by atoms with Crippen LogP contribution in [-0.4, -0.2) is 17.0 Å². The van der Waals surface area contributed by atoms with Crippen LogP contribution >= 0.6 is 0 Å². The number of hydrogen-bond donors (Lipinski definition) is 2. The Labute approximate surface area is 91.2 Å². The fourth-order valence-corrected chi connectivity index (χ4v) is 1.21. The number of benzene rings is 1. The Hall–Kier alpha value is -2.17. The second kappa shape index (κ2) is 5.06. The van der Waals surface area contributed by atoms with E-state index in [0.717, 1.165) is 6.07 Å². The summed E-state index contributed by atoms with van der Waals surface area (Å²) in [6.45, 7) is 0. The lowest BCUT2D eigenvalue weighted by atomic mass is 10.1. The molecule has 5 heteroatoms. The molecule has 3 N–H and O–H groups in total. The lowest BCUT2D eigenvalue weighted by Gasteiger charge is -2.01. The molecule has 0 heterocycles. The van der Waals surface area contributed by atoms with Gasteiger partial charge in [-0.05, 0) is 11.6 Å². The van der Waals surface area contributed by atoms with Crippen molar-refractivity contribution in [1.82, 2.24) is 0 Å². The average Bonchev–Trinajstić information content (AvgIpc) is 2.16. The number of rotatable bonds is 4. The zero-order chi connectivity index (χ0) is 12.1. The number of nitrogens with two attached hydrogens (primary N) is 1. The van der Waals surface area contributed by atoms with E-state index in [1.54, 1.807) is 0 Å². The lowest BCUT2D eigenvalue weighted by Crippen LogP contribution is -2.08. The smallest absolute Gasteiger partial charge is 0.339 e. The number of hydrogen-bond acceptors (Lipinski definition) is 2. The largest absolute Gasteiger partial charge is 0.478 e. The van der Waals surface area contributed by atoms with E-state index in [2.05, 4.69) is 0 Å². The van der Waals surface area contributed by atoms with Gasteiger partial charge in [0.2, 0.25) is 5.91 Å². The summed E-state index contributed by atoms with van der Waals surface area (Å²) >= 11 is 0. The van der Waals surface area contributed by atoms with Crippen molar-refractivity contribution in [2.45, 2.75) is 6.42 Å². The summed E-state index contributed by atoms with van der Waals surface area (Å²) in [6.07, 6.45) is 2.73. The van der Waals surface area contributed by atoms with Crippen molar-refractivity contribution < 1.29 is 19.1 Å². The Morgan fingerprint density at radius 2 is 2.12 bits per heavy atom. The summed E-state index contributed by atoms with van der Waals surface area (Å²) < 4.78 is 13.2. The van der Waals surface area contributed by atoms with Crippen LogP contribution < -0.4 is 5.73 Å². The maximum absolute atomic E-state index is 13.2. The van der Waals surface area contributed by atoms with E-state index in [0.29, 0.717) is 0 Å². The van der Waals surface area contributed by atoms with Crippen LogP contribution in [0, 0.1) is 5.82 Å². The molecule has 84 valence electrons. The van der Waals surface area contributed by atoms with E-state index in [1.165, 1.54) is 24.3 Å². The second-order valence-electron chi connectivity index (χ2n) is 3.08. The van der Waals surface area contributed by atoms with Gasteiger partial charge in [0.1, 0.15) is 11.4 Å². The van der Waals surface area contributed by atoms with E-state index in [-0.39, 0.29) is 12.0 Å². The maximum Gasteiger partial charge on any atom is 0.339 e. The van der Waals surface area contributed by atoms with Gasteiger partial charge in [0.05, 0.1) is 0 Å². The number of carbonyl (C=O) groups is 2. The van der Waals surface area contributed by atoms with Gasteiger partial charge in [-0.2, -0.15) is 0 Å². The van der Waals surface area contributed by atoms with Crippen LogP contribution in [-0.2, 0) is 4.79 Å². The number of primary amides is 1. The normalized spacial score (nSPS) is 10.6. The fraction of sp³-hybridized carbons (Fsp3) is 0.0909. The number of aromatic carboxylic acids is 1. The maximum atomic E-state index is 13.2. The quantitative estimate of drug-likeness (QED) is 0.809. The molecule has 0 spiro atoms. The summed E-state index contributed by atoms with van der Waals surface area (Å²) in [5.41, 5.74) is 4.69. The molecule has 4 nitrogen and oxygen atoms in total. The molecule has 0 bridgehead atoms. The number of carbonyl (C=O) groups excluding carboxylic acids is 1. The number of amides is 1. The third-order valence-electron chi connectivity index (χ3n) is 1.88. The van der Waals surface area contributed by atoms with Crippen LogP contribution in [0.25, 0.3) is 6.08 Å². The third kappa shape index (κ3) is 2.91. The SMILES string of the molecule is NC(=O)CC=Cc1cccc(F)c1C(=O)O. The molecule has 0 saturated heterocycles. The summed E-state index contributed by atoms with van der Waals surface area (Å²) in [6, 6.07) is 3.91. The standard InChI is InChI=1S/C11H10FNO3/c12-8-5-1-3-7(10(8)11(15)16)4-2-6-9(13)14/h1-5H,6H2,(H2,13,14)(H,15,16). The van der Waals surface area contributed by atoms with Gasteiger partial charge in [-0.15, -0.1) is 0 Å². The molecule has 1 aromatic rings. The molecule has 0 aromatic heterocycles. The summed E-state index contributed by atoms with van der Waals surface area (Å²) in [5.74, 6) is -2.70. The molecule has 0 fully saturated rings. The molecule has 0 aliphatic rings. The van der Waals surface area contributed by atoms with Gasteiger partial charge in [0, 0.05) is 6.42 Å². The highest BCUT2D eigenvalue weighted by Crippen LogP contribution is 2.15.